The molecule has 1 amide bonds. The van der Waals surface area contributed by atoms with Crippen molar-refractivity contribution in [3.63, 3.8) is 0 Å². The van der Waals surface area contributed by atoms with E-state index in [1.165, 1.54) is 6.08 Å². The van der Waals surface area contributed by atoms with Crippen LogP contribution >= 0.6 is 0 Å². The van der Waals surface area contributed by atoms with Crippen LogP contribution in [0.25, 0.3) is 17.4 Å². The molecule has 0 unspecified atom stereocenters. The number of hydrogen-bond donors (Lipinski definition) is 1. The minimum Gasteiger partial charge on any atom is -0.462 e. The van der Waals surface area contributed by atoms with Crippen LogP contribution in [-0.2, 0) is 9.53 Å². The van der Waals surface area contributed by atoms with Gasteiger partial charge in [0.2, 0.25) is 0 Å². The summed E-state index contributed by atoms with van der Waals surface area (Å²) in [7, 11) is 0. The van der Waals surface area contributed by atoms with Gasteiger partial charge in [0.15, 0.2) is 0 Å². The van der Waals surface area contributed by atoms with E-state index in [4.69, 9.17) is 9.15 Å². The first kappa shape index (κ1) is 21.6. The standard InChI is InChI=1S/C25H22N2O4/c1-4-30-25(29)19-9-7-18(8-10-19)23-12-11-21(31-23)14-20(15-26)24(28)27-22-13-16(2)5-6-17(22)3/h5-14H,4H2,1-3H3,(H,27,28)/b20-14+. The van der Waals surface area contributed by atoms with Crippen LogP contribution in [0.1, 0.15) is 34.2 Å². The summed E-state index contributed by atoms with van der Waals surface area (Å²) >= 11 is 0. The minimum absolute atomic E-state index is 0.0699. The molecule has 0 saturated carbocycles. The molecule has 0 spiro atoms. The van der Waals surface area contributed by atoms with Gasteiger partial charge in [0.1, 0.15) is 23.2 Å². The molecule has 31 heavy (non-hydrogen) atoms. The highest BCUT2D eigenvalue weighted by Gasteiger charge is 2.13. The number of ether oxygens (including phenoxy) is 1. The molecule has 1 heterocycles. The molecular weight excluding hydrogens is 392 g/mol. The van der Waals surface area contributed by atoms with Crippen LogP contribution in [0, 0.1) is 25.2 Å². The SMILES string of the molecule is CCOC(=O)c1ccc(-c2ccc(/C=C(\C#N)C(=O)Nc3cc(C)ccc3C)o2)cc1. The predicted octanol–water partition coefficient (Wildman–Crippen LogP) is 5.29. The van der Waals surface area contributed by atoms with Crippen LogP contribution in [0.3, 0.4) is 0 Å². The van der Waals surface area contributed by atoms with Crippen molar-refractivity contribution < 1.29 is 18.7 Å². The highest BCUT2D eigenvalue weighted by Crippen LogP contribution is 2.24. The van der Waals surface area contributed by atoms with Gasteiger partial charge in [-0.15, -0.1) is 0 Å². The smallest absolute Gasteiger partial charge is 0.338 e. The number of anilines is 1. The lowest BCUT2D eigenvalue weighted by Crippen LogP contribution is -2.14. The Kier molecular flexibility index (Phi) is 6.68. The summed E-state index contributed by atoms with van der Waals surface area (Å²) in [5, 5.41) is 12.2. The Morgan fingerprint density at radius 1 is 1.10 bits per heavy atom. The first-order chi connectivity index (χ1) is 14.9. The summed E-state index contributed by atoms with van der Waals surface area (Å²) in [6.07, 6.45) is 1.40. The number of aryl methyl sites for hydroxylation is 2. The van der Waals surface area contributed by atoms with Crippen molar-refractivity contribution >= 4 is 23.6 Å². The predicted molar refractivity (Wildman–Crippen MR) is 118 cm³/mol. The van der Waals surface area contributed by atoms with Gasteiger partial charge in [-0.1, -0.05) is 24.3 Å². The molecule has 0 radical (unpaired) electrons. The number of esters is 1. The average molecular weight is 414 g/mol. The third kappa shape index (κ3) is 5.28. The highest BCUT2D eigenvalue weighted by atomic mass is 16.5. The zero-order valence-electron chi connectivity index (χ0n) is 17.6. The van der Waals surface area contributed by atoms with E-state index in [0.717, 1.165) is 16.7 Å². The van der Waals surface area contributed by atoms with E-state index in [1.807, 2.05) is 38.1 Å². The summed E-state index contributed by atoms with van der Waals surface area (Å²) < 4.78 is 10.7. The third-order valence-corrected chi connectivity index (χ3v) is 4.60. The van der Waals surface area contributed by atoms with E-state index in [2.05, 4.69) is 5.32 Å². The Balaban J connectivity index is 1.77. The summed E-state index contributed by atoms with van der Waals surface area (Å²) in [5.74, 6) is 0.0320. The molecule has 1 aromatic heterocycles. The first-order valence-electron chi connectivity index (χ1n) is 9.79. The third-order valence-electron chi connectivity index (χ3n) is 4.60. The number of nitriles is 1. The second-order valence-corrected chi connectivity index (χ2v) is 6.94. The maximum atomic E-state index is 12.6. The molecule has 156 valence electrons. The lowest BCUT2D eigenvalue weighted by Gasteiger charge is -2.08. The second-order valence-electron chi connectivity index (χ2n) is 6.94. The quantitative estimate of drug-likeness (QED) is 0.336. The fourth-order valence-corrected chi connectivity index (χ4v) is 2.92. The molecule has 0 aliphatic rings. The number of amides is 1. The zero-order valence-corrected chi connectivity index (χ0v) is 17.6. The van der Waals surface area contributed by atoms with Crippen LogP contribution in [0.15, 0.2) is 64.6 Å². The van der Waals surface area contributed by atoms with E-state index in [-0.39, 0.29) is 11.5 Å². The second kappa shape index (κ2) is 9.59. The van der Waals surface area contributed by atoms with Crippen molar-refractivity contribution in [3.8, 4) is 17.4 Å². The van der Waals surface area contributed by atoms with Gasteiger partial charge in [-0.25, -0.2) is 4.79 Å². The van der Waals surface area contributed by atoms with Gasteiger partial charge in [-0.2, -0.15) is 5.26 Å². The maximum Gasteiger partial charge on any atom is 0.338 e. The molecule has 0 fully saturated rings. The Bertz CT molecular complexity index is 1180. The molecule has 6 heteroatoms. The van der Waals surface area contributed by atoms with Crippen molar-refractivity contribution in [1.29, 1.82) is 5.26 Å². The first-order valence-corrected chi connectivity index (χ1v) is 9.79. The number of nitrogens with one attached hydrogen (secondary N) is 1. The van der Waals surface area contributed by atoms with Gasteiger partial charge in [0.25, 0.3) is 5.91 Å². The van der Waals surface area contributed by atoms with Crippen molar-refractivity contribution in [2.45, 2.75) is 20.8 Å². The Morgan fingerprint density at radius 2 is 1.84 bits per heavy atom. The van der Waals surface area contributed by atoms with E-state index in [9.17, 15) is 14.9 Å². The van der Waals surface area contributed by atoms with Crippen LogP contribution in [0.5, 0.6) is 0 Å². The number of nitrogens with zero attached hydrogens (tertiary/aromatic N) is 1. The van der Waals surface area contributed by atoms with Crippen molar-refractivity contribution in [2.24, 2.45) is 0 Å². The van der Waals surface area contributed by atoms with Crippen LogP contribution < -0.4 is 5.32 Å². The molecule has 2 aromatic carbocycles. The van der Waals surface area contributed by atoms with Gasteiger partial charge < -0.3 is 14.5 Å². The fourth-order valence-electron chi connectivity index (χ4n) is 2.92. The summed E-state index contributed by atoms with van der Waals surface area (Å²) in [6, 6.07) is 17.9. The number of hydrogen-bond acceptors (Lipinski definition) is 5. The number of benzene rings is 2. The van der Waals surface area contributed by atoms with Crippen molar-refractivity contribution in [2.75, 3.05) is 11.9 Å². The van der Waals surface area contributed by atoms with Gasteiger partial charge >= 0.3 is 5.97 Å². The topological polar surface area (TPSA) is 92.3 Å². The Hall–Kier alpha value is -4.11. The number of rotatable bonds is 6. The summed E-state index contributed by atoms with van der Waals surface area (Å²) in [4.78, 5) is 24.3. The molecule has 0 aliphatic heterocycles. The molecule has 3 aromatic rings. The molecular formula is C25H22N2O4. The number of furan rings is 1. The molecule has 0 atom stereocenters. The minimum atomic E-state index is -0.507. The zero-order chi connectivity index (χ0) is 22.4. The van der Waals surface area contributed by atoms with Gasteiger partial charge in [0.05, 0.1) is 12.2 Å². The van der Waals surface area contributed by atoms with Crippen LogP contribution in [-0.4, -0.2) is 18.5 Å². The molecule has 0 aliphatic carbocycles. The Labute approximate surface area is 180 Å². The van der Waals surface area contributed by atoms with Gasteiger partial charge in [0, 0.05) is 17.3 Å². The van der Waals surface area contributed by atoms with Crippen LogP contribution in [0.2, 0.25) is 0 Å². The average Bonchev–Trinajstić information content (AvgIpc) is 3.23. The fraction of sp³-hybridized carbons (Fsp3) is 0.160. The van der Waals surface area contributed by atoms with Gasteiger partial charge in [-0.05, 0) is 62.2 Å². The molecule has 1 N–H and O–H groups in total. The van der Waals surface area contributed by atoms with Crippen molar-refractivity contribution in [3.05, 3.63) is 82.6 Å². The van der Waals surface area contributed by atoms with E-state index < -0.39 is 5.91 Å². The highest BCUT2D eigenvalue weighted by molar-refractivity contribution is 6.09. The normalized spacial score (nSPS) is 11.0. The molecule has 3 rings (SSSR count). The largest absolute Gasteiger partial charge is 0.462 e. The van der Waals surface area contributed by atoms with E-state index in [0.29, 0.717) is 29.4 Å². The van der Waals surface area contributed by atoms with Crippen LogP contribution in [0.4, 0.5) is 5.69 Å². The monoisotopic (exact) mass is 414 g/mol. The lowest BCUT2D eigenvalue weighted by molar-refractivity contribution is -0.112. The maximum absolute atomic E-state index is 12.6. The van der Waals surface area contributed by atoms with Crippen molar-refractivity contribution in [1.82, 2.24) is 0 Å². The molecule has 6 nitrogen and oxygen atoms in total. The number of carbonyl (C=O) groups excluding carboxylic acids is 2. The van der Waals surface area contributed by atoms with E-state index in [1.54, 1.807) is 43.3 Å². The van der Waals surface area contributed by atoms with E-state index >= 15 is 0 Å². The summed E-state index contributed by atoms with van der Waals surface area (Å²) in [5.41, 5.74) is 3.71. The Morgan fingerprint density at radius 3 is 2.52 bits per heavy atom. The number of carbonyl (C=O) groups is 2. The lowest BCUT2D eigenvalue weighted by atomic mass is 10.1. The molecule has 0 saturated heterocycles. The molecule has 0 bridgehead atoms. The summed E-state index contributed by atoms with van der Waals surface area (Å²) in [6.45, 7) is 5.88. The van der Waals surface area contributed by atoms with Gasteiger partial charge in [-0.3, -0.25) is 4.79 Å².